The summed E-state index contributed by atoms with van der Waals surface area (Å²) in [4.78, 5) is 12.8. The number of piperidine rings is 1. The van der Waals surface area contributed by atoms with Gasteiger partial charge in [-0.1, -0.05) is 62.2 Å². The molecule has 0 aliphatic carbocycles. The summed E-state index contributed by atoms with van der Waals surface area (Å²) in [6.07, 6.45) is 6.36. The Morgan fingerprint density at radius 1 is 1.00 bits per heavy atom. The Bertz CT molecular complexity index is 1030. The van der Waals surface area contributed by atoms with Crippen LogP contribution in [0, 0.1) is 0 Å². The van der Waals surface area contributed by atoms with E-state index in [2.05, 4.69) is 22.5 Å². The molecule has 3 aromatic rings. The van der Waals surface area contributed by atoms with Gasteiger partial charge in [-0.05, 0) is 55.0 Å². The van der Waals surface area contributed by atoms with Gasteiger partial charge >= 0.3 is 0 Å². The molecule has 6 heteroatoms. The average Bonchev–Trinajstić information content (AvgIpc) is 2.87. The van der Waals surface area contributed by atoms with Crippen LogP contribution in [0.3, 0.4) is 0 Å². The van der Waals surface area contributed by atoms with Crippen LogP contribution in [0.25, 0.3) is 11.1 Å². The van der Waals surface area contributed by atoms with E-state index in [1.165, 1.54) is 6.42 Å². The zero-order valence-electron chi connectivity index (χ0n) is 19.3. The molecule has 6 nitrogen and oxygen atoms in total. The molecule has 1 amide bonds. The monoisotopic (exact) mass is 444 g/mol. The van der Waals surface area contributed by atoms with Crippen LogP contribution in [-0.4, -0.2) is 34.2 Å². The van der Waals surface area contributed by atoms with Crippen LogP contribution in [0.15, 0.2) is 60.7 Å². The molecule has 1 saturated heterocycles. The van der Waals surface area contributed by atoms with Crippen molar-refractivity contribution in [1.29, 1.82) is 0 Å². The normalized spacial score (nSPS) is 14.1. The summed E-state index contributed by atoms with van der Waals surface area (Å²) in [6.45, 7) is 4.45. The maximum atomic E-state index is 12.8. The van der Waals surface area contributed by atoms with E-state index < -0.39 is 0 Å². The summed E-state index contributed by atoms with van der Waals surface area (Å²) in [5, 5.41) is 10.7. The summed E-state index contributed by atoms with van der Waals surface area (Å²) < 4.78 is 5.93. The highest BCUT2D eigenvalue weighted by atomic mass is 16.5. The molecule has 0 saturated carbocycles. The summed E-state index contributed by atoms with van der Waals surface area (Å²) in [6, 6.07) is 20.0. The molecule has 2 heterocycles. The van der Waals surface area contributed by atoms with Gasteiger partial charge < -0.3 is 4.74 Å². The zero-order chi connectivity index (χ0) is 22.9. The first kappa shape index (κ1) is 22.9. The predicted octanol–water partition coefficient (Wildman–Crippen LogP) is 5.20. The molecular formula is C27H32N4O2. The molecular weight excluding hydrogens is 412 g/mol. The lowest BCUT2D eigenvalue weighted by Crippen LogP contribution is -2.45. The maximum Gasteiger partial charge on any atom is 0.286 e. The van der Waals surface area contributed by atoms with Gasteiger partial charge in [0.15, 0.2) is 5.69 Å². The van der Waals surface area contributed by atoms with Crippen LogP contribution in [0.1, 0.15) is 60.8 Å². The number of nitrogens with one attached hydrogen (secondary N) is 1. The molecule has 1 aromatic heterocycles. The Hall–Kier alpha value is -3.25. The maximum absolute atomic E-state index is 12.8. The predicted molar refractivity (Wildman–Crippen MR) is 130 cm³/mol. The van der Waals surface area contributed by atoms with Gasteiger partial charge in [0.25, 0.3) is 5.91 Å². The van der Waals surface area contributed by atoms with Crippen molar-refractivity contribution in [2.45, 2.75) is 52.1 Å². The highest BCUT2D eigenvalue weighted by molar-refractivity contribution is 5.93. The van der Waals surface area contributed by atoms with Gasteiger partial charge in [0, 0.05) is 18.7 Å². The number of hydrogen-bond acceptors (Lipinski definition) is 5. The number of carbonyl (C=O) groups excluding carboxylic acids is 1. The van der Waals surface area contributed by atoms with Crippen molar-refractivity contribution < 1.29 is 9.53 Å². The molecule has 33 heavy (non-hydrogen) atoms. The minimum Gasteiger partial charge on any atom is -0.489 e. The van der Waals surface area contributed by atoms with E-state index in [0.29, 0.717) is 12.3 Å². The number of aromatic nitrogens is 2. The SMILES string of the molecule is CCCCc1nnc(C(=O)NN2CCCCC2)cc1-c1ccc(OCc2ccccc2)cc1. The van der Waals surface area contributed by atoms with E-state index in [-0.39, 0.29) is 5.91 Å². The highest BCUT2D eigenvalue weighted by Crippen LogP contribution is 2.27. The third-order valence-electron chi connectivity index (χ3n) is 5.90. The third-order valence-corrected chi connectivity index (χ3v) is 5.90. The number of hydrazine groups is 1. The Labute approximate surface area is 196 Å². The quantitative estimate of drug-likeness (QED) is 0.492. The molecule has 0 spiro atoms. The fourth-order valence-electron chi connectivity index (χ4n) is 3.98. The molecule has 1 aliphatic heterocycles. The molecule has 0 bridgehead atoms. The van der Waals surface area contributed by atoms with Gasteiger partial charge in [-0.25, -0.2) is 5.01 Å². The Morgan fingerprint density at radius 2 is 1.76 bits per heavy atom. The van der Waals surface area contributed by atoms with Gasteiger partial charge in [0.05, 0.1) is 5.69 Å². The molecule has 1 N–H and O–H groups in total. The fourth-order valence-corrected chi connectivity index (χ4v) is 3.98. The fraction of sp³-hybridized carbons (Fsp3) is 0.370. The van der Waals surface area contributed by atoms with Crippen molar-refractivity contribution in [2.24, 2.45) is 0 Å². The molecule has 1 fully saturated rings. The van der Waals surface area contributed by atoms with E-state index in [4.69, 9.17) is 4.74 Å². The van der Waals surface area contributed by atoms with Gasteiger partial charge in [-0.15, -0.1) is 5.10 Å². The smallest absolute Gasteiger partial charge is 0.286 e. The number of rotatable bonds is 9. The number of benzene rings is 2. The van der Waals surface area contributed by atoms with Crippen LogP contribution in [0.4, 0.5) is 0 Å². The summed E-state index contributed by atoms with van der Waals surface area (Å²) in [5.41, 5.74) is 7.35. The lowest BCUT2D eigenvalue weighted by molar-refractivity contribution is 0.0743. The van der Waals surface area contributed by atoms with Crippen LogP contribution < -0.4 is 10.2 Å². The molecule has 0 atom stereocenters. The molecule has 0 unspecified atom stereocenters. The zero-order valence-corrected chi connectivity index (χ0v) is 19.3. The van der Waals surface area contributed by atoms with Crippen molar-refractivity contribution in [3.63, 3.8) is 0 Å². The Balaban J connectivity index is 1.51. The van der Waals surface area contributed by atoms with E-state index in [1.54, 1.807) is 0 Å². The lowest BCUT2D eigenvalue weighted by Gasteiger charge is -2.26. The number of amides is 1. The Kier molecular flexibility index (Phi) is 8.04. The number of aryl methyl sites for hydroxylation is 1. The van der Waals surface area contributed by atoms with E-state index in [0.717, 1.165) is 73.3 Å². The van der Waals surface area contributed by atoms with Crippen molar-refractivity contribution in [1.82, 2.24) is 20.6 Å². The lowest BCUT2D eigenvalue weighted by atomic mass is 10.0. The second-order valence-corrected chi connectivity index (χ2v) is 8.48. The van der Waals surface area contributed by atoms with Crippen molar-refractivity contribution >= 4 is 5.91 Å². The highest BCUT2D eigenvalue weighted by Gasteiger charge is 2.18. The van der Waals surface area contributed by atoms with E-state index in [9.17, 15) is 4.79 Å². The van der Waals surface area contributed by atoms with Crippen molar-refractivity contribution in [3.05, 3.63) is 77.6 Å². The van der Waals surface area contributed by atoms with Gasteiger partial charge in [-0.2, -0.15) is 5.10 Å². The minimum atomic E-state index is -0.199. The molecule has 2 aromatic carbocycles. The number of hydrogen-bond donors (Lipinski definition) is 1. The standard InChI is InChI=1S/C27H32N4O2/c1-2-3-12-25-24(19-26(29-28-25)27(32)30-31-17-8-5-9-18-31)22-13-15-23(16-14-22)33-20-21-10-6-4-7-11-21/h4,6-7,10-11,13-16,19H,2-3,5,8-9,12,17-18,20H2,1H3,(H,30,32). The largest absolute Gasteiger partial charge is 0.489 e. The first-order valence-electron chi connectivity index (χ1n) is 11.9. The second-order valence-electron chi connectivity index (χ2n) is 8.48. The number of carbonyl (C=O) groups is 1. The van der Waals surface area contributed by atoms with Crippen LogP contribution in [0.5, 0.6) is 5.75 Å². The topological polar surface area (TPSA) is 67.4 Å². The molecule has 4 rings (SSSR count). The van der Waals surface area contributed by atoms with Gasteiger partial charge in [0.1, 0.15) is 12.4 Å². The first-order chi connectivity index (χ1) is 16.2. The van der Waals surface area contributed by atoms with E-state index >= 15 is 0 Å². The number of nitrogens with zero attached hydrogens (tertiary/aromatic N) is 3. The van der Waals surface area contributed by atoms with Gasteiger partial charge in [0.2, 0.25) is 0 Å². The van der Waals surface area contributed by atoms with Crippen molar-refractivity contribution in [2.75, 3.05) is 13.1 Å². The Morgan fingerprint density at radius 3 is 2.48 bits per heavy atom. The second kappa shape index (κ2) is 11.6. The summed E-state index contributed by atoms with van der Waals surface area (Å²) in [7, 11) is 0. The van der Waals surface area contributed by atoms with Crippen LogP contribution in [-0.2, 0) is 13.0 Å². The first-order valence-corrected chi connectivity index (χ1v) is 11.9. The summed E-state index contributed by atoms with van der Waals surface area (Å²) >= 11 is 0. The third kappa shape index (κ3) is 6.39. The minimum absolute atomic E-state index is 0.199. The van der Waals surface area contributed by atoms with Gasteiger partial charge in [-0.3, -0.25) is 10.2 Å². The molecule has 1 aliphatic rings. The summed E-state index contributed by atoms with van der Waals surface area (Å²) in [5.74, 6) is 0.610. The number of unbranched alkanes of at least 4 members (excludes halogenated alkanes) is 1. The van der Waals surface area contributed by atoms with Crippen molar-refractivity contribution in [3.8, 4) is 16.9 Å². The number of ether oxygens (including phenoxy) is 1. The van der Waals surface area contributed by atoms with Crippen LogP contribution >= 0.6 is 0 Å². The van der Waals surface area contributed by atoms with E-state index in [1.807, 2.05) is 65.7 Å². The van der Waals surface area contributed by atoms with Crippen LogP contribution in [0.2, 0.25) is 0 Å². The average molecular weight is 445 g/mol. The molecule has 172 valence electrons. The molecule has 0 radical (unpaired) electrons.